The molecule has 0 aliphatic carbocycles. The molecule has 2 aliphatic heterocycles. The van der Waals surface area contributed by atoms with Crippen LogP contribution in [-0.2, 0) is 15.0 Å². The van der Waals surface area contributed by atoms with E-state index < -0.39 is 0 Å². The third kappa shape index (κ3) is 4.17. The molecule has 5 heteroatoms. The first kappa shape index (κ1) is 22.2. The first-order valence-electron chi connectivity index (χ1n) is 12.2. The van der Waals surface area contributed by atoms with Crippen LogP contribution in [0.4, 0.5) is 11.4 Å². The number of pyridine rings is 1. The number of rotatable bonds is 5. The maximum Gasteiger partial charge on any atom is 0.247 e. The average Bonchev–Trinajstić information content (AvgIpc) is 3.81. The summed E-state index contributed by atoms with van der Waals surface area (Å²) in [6, 6.07) is 28.9. The van der Waals surface area contributed by atoms with Gasteiger partial charge in [-0.05, 0) is 52.4 Å². The molecule has 5 nitrogen and oxygen atoms in total. The molecule has 0 saturated carbocycles. The molecule has 0 bridgehead atoms. The zero-order chi connectivity index (χ0) is 25.0. The van der Waals surface area contributed by atoms with E-state index in [-0.39, 0.29) is 17.2 Å². The molecule has 2 amide bonds. The molecule has 2 aliphatic rings. The van der Waals surface area contributed by atoms with Gasteiger partial charge in [0.25, 0.3) is 0 Å². The van der Waals surface area contributed by atoms with E-state index >= 15 is 0 Å². The van der Waals surface area contributed by atoms with Crippen molar-refractivity contribution >= 4 is 23.2 Å². The van der Waals surface area contributed by atoms with Crippen molar-refractivity contribution in [1.29, 1.82) is 0 Å². The first-order chi connectivity index (χ1) is 17.3. The normalized spacial score (nSPS) is 14.9. The minimum absolute atomic E-state index is 0.0205. The maximum absolute atomic E-state index is 11.7. The van der Waals surface area contributed by atoms with Crippen molar-refractivity contribution in [2.24, 2.45) is 0 Å². The number of aromatic nitrogens is 1. The van der Waals surface area contributed by atoms with Crippen LogP contribution in [0.15, 0.2) is 84.9 Å². The number of anilines is 2. The fourth-order valence-corrected chi connectivity index (χ4v) is 4.68. The number of amides is 2. The van der Waals surface area contributed by atoms with E-state index in [1.165, 1.54) is 5.56 Å². The lowest BCUT2D eigenvalue weighted by molar-refractivity contribution is -0.110. The van der Waals surface area contributed by atoms with Crippen molar-refractivity contribution < 1.29 is 9.59 Å². The van der Waals surface area contributed by atoms with Crippen LogP contribution in [-0.4, -0.2) is 29.9 Å². The maximum atomic E-state index is 11.7. The fourth-order valence-electron chi connectivity index (χ4n) is 4.68. The fraction of sp³-hybridized carbons (Fsp3) is 0.194. The highest BCUT2D eigenvalue weighted by molar-refractivity contribution is 6.15. The van der Waals surface area contributed by atoms with Gasteiger partial charge in [-0.25, -0.2) is 4.98 Å². The summed E-state index contributed by atoms with van der Waals surface area (Å²) in [5, 5.41) is 0. The zero-order valence-electron chi connectivity index (χ0n) is 20.7. The van der Waals surface area contributed by atoms with Gasteiger partial charge in [0.05, 0.1) is 11.4 Å². The van der Waals surface area contributed by atoms with Crippen molar-refractivity contribution in [2.75, 3.05) is 22.9 Å². The summed E-state index contributed by atoms with van der Waals surface area (Å²) in [5.41, 5.74) is 9.05. The van der Waals surface area contributed by atoms with Crippen molar-refractivity contribution in [3.05, 3.63) is 90.5 Å². The van der Waals surface area contributed by atoms with Crippen LogP contribution >= 0.6 is 0 Å². The molecule has 178 valence electrons. The van der Waals surface area contributed by atoms with Crippen LogP contribution in [0.25, 0.3) is 33.6 Å². The molecule has 1 aromatic heterocycles. The SMILES string of the molecule is CC(C)(C)c1ccccc1-c1cccc(-c2ccc(-c3cc(N4CC4=O)cc(N4CC4=O)c3)cc2)n1. The number of nitrogens with zero attached hydrogens (tertiary/aromatic N) is 3. The molecular weight excluding hydrogens is 446 g/mol. The lowest BCUT2D eigenvalue weighted by Gasteiger charge is -2.22. The van der Waals surface area contributed by atoms with Gasteiger partial charge in [-0.15, -0.1) is 0 Å². The molecule has 0 unspecified atom stereocenters. The largest absolute Gasteiger partial charge is 0.301 e. The Bertz CT molecular complexity index is 1480. The van der Waals surface area contributed by atoms with Gasteiger partial charge in [0.15, 0.2) is 0 Å². The topological polar surface area (TPSA) is 53.0 Å². The van der Waals surface area contributed by atoms with Crippen LogP contribution in [0, 0.1) is 0 Å². The number of carbonyl (C=O) groups is 2. The van der Waals surface area contributed by atoms with E-state index in [1.54, 1.807) is 9.80 Å². The number of hydrogen-bond acceptors (Lipinski definition) is 3. The molecular formula is C31H27N3O2. The summed E-state index contributed by atoms with van der Waals surface area (Å²) in [7, 11) is 0. The Labute approximate surface area is 211 Å². The Morgan fingerprint density at radius 3 is 1.78 bits per heavy atom. The summed E-state index contributed by atoms with van der Waals surface area (Å²) in [5.74, 6) is 0.203. The van der Waals surface area contributed by atoms with Gasteiger partial charge in [0, 0.05) is 22.5 Å². The highest BCUT2D eigenvalue weighted by Gasteiger charge is 2.35. The molecule has 3 heterocycles. The van der Waals surface area contributed by atoms with Gasteiger partial charge >= 0.3 is 0 Å². The Morgan fingerprint density at radius 1 is 0.639 bits per heavy atom. The minimum atomic E-state index is 0.0205. The van der Waals surface area contributed by atoms with Crippen molar-refractivity contribution in [1.82, 2.24) is 4.98 Å². The van der Waals surface area contributed by atoms with E-state index in [0.717, 1.165) is 45.0 Å². The van der Waals surface area contributed by atoms with Gasteiger partial charge in [-0.3, -0.25) is 9.59 Å². The predicted molar refractivity (Wildman–Crippen MR) is 144 cm³/mol. The van der Waals surface area contributed by atoms with Gasteiger partial charge in [-0.2, -0.15) is 0 Å². The minimum Gasteiger partial charge on any atom is -0.301 e. The number of carbonyl (C=O) groups excluding carboxylic acids is 2. The Morgan fingerprint density at radius 2 is 1.19 bits per heavy atom. The van der Waals surface area contributed by atoms with Gasteiger partial charge < -0.3 is 9.80 Å². The lowest BCUT2D eigenvalue weighted by atomic mass is 9.83. The van der Waals surface area contributed by atoms with E-state index in [9.17, 15) is 9.59 Å². The summed E-state index contributed by atoms with van der Waals surface area (Å²) < 4.78 is 0. The third-order valence-corrected chi connectivity index (χ3v) is 6.78. The predicted octanol–water partition coefficient (Wildman–Crippen LogP) is 6.07. The lowest BCUT2D eigenvalue weighted by Crippen LogP contribution is -2.12. The van der Waals surface area contributed by atoms with Crippen LogP contribution in [0.1, 0.15) is 26.3 Å². The van der Waals surface area contributed by atoms with Crippen LogP contribution in [0.2, 0.25) is 0 Å². The van der Waals surface area contributed by atoms with Crippen molar-refractivity contribution in [2.45, 2.75) is 26.2 Å². The van der Waals surface area contributed by atoms with Gasteiger partial charge in [-0.1, -0.05) is 75.4 Å². The Balaban J connectivity index is 1.33. The van der Waals surface area contributed by atoms with E-state index in [2.05, 4.69) is 81.4 Å². The second kappa shape index (κ2) is 8.16. The summed E-state index contributed by atoms with van der Waals surface area (Å²) in [6.07, 6.45) is 0. The second-order valence-electron chi connectivity index (χ2n) is 10.5. The monoisotopic (exact) mass is 473 g/mol. The Hall–Kier alpha value is -4.25. The standard InChI is InChI=1S/C31H27N3O2/c1-31(2,3)26-8-5-4-7-25(26)28-10-6-9-27(32-28)21-13-11-20(12-14-21)22-15-23(33-18-29(33)35)17-24(16-22)34-19-30(34)36/h4-17H,18-19H2,1-3H3. The molecule has 36 heavy (non-hydrogen) atoms. The summed E-state index contributed by atoms with van der Waals surface area (Å²) >= 11 is 0. The second-order valence-corrected chi connectivity index (χ2v) is 10.5. The molecule has 0 N–H and O–H groups in total. The molecule has 0 spiro atoms. The number of benzene rings is 3. The zero-order valence-corrected chi connectivity index (χ0v) is 20.7. The first-order valence-corrected chi connectivity index (χ1v) is 12.2. The molecule has 0 atom stereocenters. The highest BCUT2D eigenvalue weighted by atomic mass is 16.2. The molecule has 2 saturated heterocycles. The van der Waals surface area contributed by atoms with Crippen LogP contribution in [0.3, 0.4) is 0 Å². The smallest absolute Gasteiger partial charge is 0.247 e. The van der Waals surface area contributed by atoms with E-state index in [1.807, 2.05) is 24.3 Å². The van der Waals surface area contributed by atoms with Gasteiger partial charge in [0.2, 0.25) is 11.8 Å². The third-order valence-electron chi connectivity index (χ3n) is 6.78. The molecule has 3 aromatic carbocycles. The van der Waals surface area contributed by atoms with Crippen molar-refractivity contribution in [3.63, 3.8) is 0 Å². The number of hydrogen-bond donors (Lipinski definition) is 0. The Kier molecular flexibility index (Phi) is 5.04. The highest BCUT2D eigenvalue weighted by Crippen LogP contribution is 2.37. The van der Waals surface area contributed by atoms with Gasteiger partial charge in [0.1, 0.15) is 13.1 Å². The average molecular weight is 474 g/mol. The molecule has 0 radical (unpaired) electrons. The van der Waals surface area contributed by atoms with Crippen LogP contribution in [0.5, 0.6) is 0 Å². The van der Waals surface area contributed by atoms with Crippen LogP contribution < -0.4 is 9.80 Å². The molecule has 4 aromatic rings. The molecule has 6 rings (SSSR count). The van der Waals surface area contributed by atoms with E-state index in [4.69, 9.17) is 4.98 Å². The van der Waals surface area contributed by atoms with E-state index in [0.29, 0.717) is 13.1 Å². The molecule has 2 fully saturated rings. The quantitative estimate of drug-likeness (QED) is 0.331. The van der Waals surface area contributed by atoms with Crippen molar-refractivity contribution in [3.8, 4) is 33.6 Å². The summed E-state index contributed by atoms with van der Waals surface area (Å²) in [4.78, 5) is 31.9. The summed E-state index contributed by atoms with van der Waals surface area (Å²) in [6.45, 7) is 7.52.